The van der Waals surface area contributed by atoms with Gasteiger partial charge in [0.1, 0.15) is 6.54 Å². The third kappa shape index (κ3) is 2.85. The Morgan fingerprint density at radius 1 is 1.03 bits per heavy atom. The van der Waals surface area contributed by atoms with Crippen LogP contribution in [0.5, 0.6) is 0 Å². The molecule has 142 valence electrons. The fourth-order valence-corrected chi connectivity index (χ4v) is 3.86. The van der Waals surface area contributed by atoms with Crippen LogP contribution in [0.15, 0.2) is 65.8 Å². The van der Waals surface area contributed by atoms with Crippen molar-refractivity contribution in [3.05, 3.63) is 71.9 Å². The number of pyridine rings is 1. The van der Waals surface area contributed by atoms with Crippen LogP contribution in [-0.4, -0.2) is 39.3 Å². The number of benzene rings is 2. The number of ketones is 1. The van der Waals surface area contributed by atoms with Crippen LogP contribution < -0.4 is 5.73 Å². The van der Waals surface area contributed by atoms with Crippen molar-refractivity contribution in [3.8, 4) is 22.5 Å². The summed E-state index contributed by atoms with van der Waals surface area (Å²) in [6.07, 6.45) is 1.83. The lowest BCUT2D eigenvalue weighted by Crippen LogP contribution is -2.24. The fourth-order valence-electron chi connectivity index (χ4n) is 3.86. The van der Waals surface area contributed by atoms with Crippen molar-refractivity contribution >= 4 is 22.4 Å². The molecule has 29 heavy (non-hydrogen) atoms. The van der Waals surface area contributed by atoms with Gasteiger partial charge in [-0.1, -0.05) is 36.4 Å². The van der Waals surface area contributed by atoms with E-state index in [1.165, 1.54) is 0 Å². The molecule has 0 saturated carbocycles. The zero-order chi connectivity index (χ0) is 20.0. The summed E-state index contributed by atoms with van der Waals surface area (Å²) in [7, 11) is 1.91. The van der Waals surface area contributed by atoms with Crippen molar-refractivity contribution in [2.24, 2.45) is 17.8 Å². The van der Waals surface area contributed by atoms with Gasteiger partial charge in [-0.05, 0) is 23.8 Å². The maximum Gasteiger partial charge on any atom is 0.184 e. The van der Waals surface area contributed by atoms with Gasteiger partial charge in [-0.15, -0.1) is 0 Å². The molecule has 2 N–H and O–H groups in total. The highest BCUT2D eigenvalue weighted by Gasteiger charge is 2.22. The Labute approximate surface area is 167 Å². The molecule has 0 spiro atoms. The number of rotatable bonds is 3. The van der Waals surface area contributed by atoms with Gasteiger partial charge in [-0.25, -0.2) is 4.98 Å². The topological polar surface area (TPSA) is 86.2 Å². The lowest BCUT2D eigenvalue weighted by molar-refractivity contribution is 0.1000. The van der Waals surface area contributed by atoms with E-state index < -0.39 is 0 Å². The summed E-state index contributed by atoms with van der Waals surface area (Å²) in [5.41, 5.74) is 12.7. The normalized spacial score (nSPS) is 13.4. The maximum absolute atomic E-state index is 12.2. The molecule has 6 heteroatoms. The van der Waals surface area contributed by atoms with Gasteiger partial charge in [0, 0.05) is 35.7 Å². The molecular formula is C23H19N5O. The van der Waals surface area contributed by atoms with E-state index in [1.807, 2.05) is 66.5 Å². The second-order valence-electron chi connectivity index (χ2n) is 7.07. The van der Waals surface area contributed by atoms with Gasteiger partial charge in [-0.3, -0.25) is 14.5 Å². The van der Waals surface area contributed by atoms with E-state index >= 15 is 0 Å². The number of hydrogen-bond donors (Lipinski definition) is 1. The van der Waals surface area contributed by atoms with Crippen molar-refractivity contribution in [2.75, 3.05) is 13.1 Å². The summed E-state index contributed by atoms with van der Waals surface area (Å²) in [5.74, 6) is 0.0198. The molecule has 0 radical (unpaired) electrons. The fraction of sp³-hybridized carbons (Fsp3) is 0.130. The second kappa shape index (κ2) is 6.76. The van der Waals surface area contributed by atoms with Gasteiger partial charge >= 0.3 is 0 Å². The Morgan fingerprint density at radius 2 is 1.90 bits per heavy atom. The highest BCUT2D eigenvalue weighted by Crippen LogP contribution is 2.33. The number of hydrogen-bond acceptors (Lipinski definition) is 5. The number of para-hydroxylation sites is 1. The zero-order valence-electron chi connectivity index (χ0n) is 16.0. The Morgan fingerprint density at radius 3 is 2.76 bits per heavy atom. The molecular weight excluding hydrogens is 362 g/mol. The molecule has 2 aromatic heterocycles. The number of carbonyl (C=O) groups is 1. The molecule has 2 aromatic carbocycles. The number of Topliss-reactive ketones (excluding diaryl/α,β-unsaturated/α-hetero) is 1. The van der Waals surface area contributed by atoms with Gasteiger partial charge in [0.15, 0.2) is 5.78 Å². The molecule has 6 nitrogen and oxygen atoms in total. The number of aliphatic imine (C=N–C) groups is 1. The molecule has 0 unspecified atom stereocenters. The van der Waals surface area contributed by atoms with E-state index in [0.29, 0.717) is 12.1 Å². The molecule has 0 atom stereocenters. The minimum absolute atomic E-state index is 0.0198. The van der Waals surface area contributed by atoms with Gasteiger partial charge < -0.3 is 5.73 Å². The highest BCUT2D eigenvalue weighted by molar-refractivity contribution is 6.16. The summed E-state index contributed by atoms with van der Waals surface area (Å²) in [5, 5.41) is 5.56. The third-order valence-corrected chi connectivity index (χ3v) is 5.33. The highest BCUT2D eigenvalue weighted by atomic mass is 16.1. The van der Waals surface area contributed by atoms with Crippen LogP contribution in [0.25, 0.3) is 33.4 Å². The van der Waals surface area contributed by atoms with Gasteiger partial charge in [-0.2, -0.15) is 5.10 Å². The molecule has 0 aliphatic carbocycles. The molecule has 0 fully saturated rings. The number of carbonyl (C=O) groups excluding carboxylic acids is 1. The number of fused-ring (bicyclic) bond motifs is 2. The van der Waals surface area contributed by atoms with E-state index in [-0.39, 0.29) is 12.3 Å². The van der Waals surface area contributed by atoms with Crippen LogP contribution >= 0.6 is 0 Å². The monoisotopic (exact) mass is 381 g/mol. The molecule has 3 heterocycles. The van der Waals surface area contributed by atoms with E-state index in [4.69, 9.17) is 10.7 Å². The average molecular weight is 381 g/mol. The van der Waals surface area contributed by atoms with Crippen LogP contribution in [-0.2, 0) is 7.05 Å². The first-order valence-corrected chi connectivity index (χ1v) is 9.45. The predicted octanol–water partition coefficient (Wildman–Crippen LogP) is 3.25. The SMILES string of the molecule is Cn1ncc(-c2ccc3c(c2)C(CN)=NCC3=O)c1-c1ccc2ccccc2n1. The van der Waals surface area contributed by atoms with Crippen LogP contribution in [0, 0.1) is 0 Å². The van der Waals surface area contributed by atoms with Crippen molar-refractivity contribution in [3.63, 3.8) is 0 Å². The van der Waals surface area contributed by atoms with Gasteiger partial charge in [0.2, 0.25) is 0 Å². The smallest absolute Gasteiger partial charge is 0.184 e. The number of nitrogens with zero attached hydrogens (tertiary/aromatic N) is 4. The Balaban J connectivity index is 1.67. The minimum Gasteiger partial charge on any atom is -0.325 e. The largest absolute Gasteiger partial charge is 0.325 e. The molecule has 0 bridgehead atoms. The average Bonchev–Trinajstić information content (AvgIpc) is 3.15. The maximum atomic E-state index is 12.2. The zero-order valence-corrected chi connectivity index (χ0v) is 16.0. The summed E-state index contributed by atoms with van der Waals surface area (Å²) in [6, 6.07) is 17.9. The first-order chi connectivity index (χ1) is 14.2. The summed E-state index contributed by atoms with van der Waals surface area (Å²) in [4.78, 5) is 21.4. The van der Waals surface area contributed by atoms with Crippen LogP contribution in [0.1, 0.15) is 15.9 Å². The Hall–Kier alpha value is -3.64. The molecule has 1 aliphatic rings. The molecule has 4 aromatic rings. The minimum atomic E-state index is 0.0198. The summed E-state index contributed by atoms with van der Waals surface area (Å²) in [6.45, 7) is 0.466. The lowest BCUT2D eigenvalue weighted by Gasteiger charge is -2.16. The lowest BCUT2D eigenvalue weighted by atomic mass is 9.92. The van der Waals surface area contributed by atoms with Crippen molar-refractivity contribution in [2.45, 2.75) is 0 Å². The van der Waals surface area contributed by atoms with Crippen molar-refractivity contribution < 1.29 is 4.79 Å². The summed E-state index contributed by atoms with van der Waals surface area (Å²) >= 11 is 0. The van der Waals surface area contributed by atoms with Crippen LogP contribution in [0.2, 0.25) is 0 Å². The number of aromatic nitrogens is 3. The van der Waals surface area contributed by atoms with Gasteiger partial charge in [0.05, 0.1) is 28.8 Å². The van der Waals surface area contributed by atoms with Crippen LogP contribution in [0.4, 0.5) is 0 Å². The third-order valence-electron chi connectivity index (χ3n) is 5.33. The van der Waals surface area contributed by atoms with E-state index in [2.05, 4.69) is 16.2 Å². The first-order valence-electron chi connectivity index (χ1n) is 9.45. The standard InChI is InChI=1S/C23H19N5O/c1-28-23(20-9-7-14-4-2-3-5-19(14)27-20)18(12-26-28)15-6-8-16-17(10-15)21(11-24)25-13-22(16)29/h2-10,12H,11,13,24H2,1H3. The second-order valence-corrected chi connectivity index (χ2v) is 7.07. The van der Waals surface area contributed by atoms with Crippen molar-refractivity contribution in [1.29, 1.82) is 0 Å². The molecule has 0 saturated heterocycles. The number of nitrogens with two attached hydrogens (primary N) is 1. The summed E-state index contributed by atoms with van der Waals surface area (Å²) < 4.78 is 1.83. The Bertz CT molecular complexity index is 1300. The van der Waals surface area contributed by atoms with E-state index in [9.17, 15) is 4.79 Å². The van der Waals surface area contributed by atoms with E-state index in [0.717, 1.165) is 44.7 Å². The number of aryl methyl sites for hydroxylation is 1. The molecule has 1 aliphatic heterocycles. The van der Waals surface area contributed by atoms with Crippen molar-refractivity contribution in [1.82, 2.24) is 14.8 Å². The van der Waals surface area contributed by atoms with E-state index in [1.54, 1.807) is 0 Å². The molecule has 0 amide bonds. The first kappa shape index (κ1) is 17.5. The Kier molecular flexibility index (Phi) is 4.07. The predicted molar refractivity (Wildman–Crippen MR) is 114 cm³/mol. The quantitative estimate of drug-likeness (QED) is 0.590. The van der Waals surface area contributed by atoms with Crippen LogP contribution in [0.3, 0.4) is 0 Å². The molecule has 5 rings (SSSR count). The van der Waals surface area contributed by atoms with Gasteiger partial charge in [0.25, 0.3) is 0 Å².